The van der Waals surface area contributed by atoms with Crippen molar-refractivity contribution >= 4 is 11.9 Å². The van der Waals surface area contributed by atoms with Crippen molar-refractivity contribution in [2.75, 3.05) is 12.0 Å². The molecule has 0 radical (unpaired) electrons. The molecule has 2 aromatic carbocycles. The Balaban J connectivity index is 1.85. The molecular weight excluding hydrogens is 405 g/mol. The zero-order chi connectivity index (χ0) is 22.3. The number of nitrogens with zero attached hydrogens (tertiary/aromatic N) is 4. The molecule has 162 valence electrons. The summed E-state index contributed by atoms with van der Waals surface area (Å²) < 4.78 is 48.7. The van der Waals surface area contributed by atoms with Crippen LogP contribution in [0.5, 0.6) is 5.75 Å². The topological polar surface area (TPSA) is 42.6 Å². The van der Waals surface area contributed by atoms with Gasteiger partial charge < -0.3 is 9.64 Å². The number of aromatic nitrogens is 2. The van der Waals surface area contributed by atoms with Crippen molar-refractivity contribution in [2.45, 2.75) is 32.5 Å². The minimum atomic E-state index is -2.88. The highest BCUT2D eigenvalue weighted by Crippen LogP contribution is 2.42. The highest BCUT2D eigenvalue weighted by Gasteiger charge is 2.30. The quantitative estimate of drug-likeness (QED) is 0.538. The number of aliphatic imine (C=N–C) groups is 1. The minimum Gasteiger partial charge on any atom is -0.496 e. The molecule has 31 heavy (non-hydrogen) atoms. The first kappa shape index (κ1) is 21.0. The summed E-state index contributed by atoms with van der Waals surface area (Å²) in [6.45, 7) is 3.68. The Morgan fingerprint density at radius 1 is 1.16 bits per heavy atom. The third-order valence-corrected chi connectivity index (χ3v) is 5.64. The lowest BCUT2D eigenvalue weighted by molar-refractivity contribution is 0.146. The van der Waals surface area contributed by atoms with Gasteiger partial charge in [0.25, 0.3) is 6.43 Å². The molecule has 0 amide bonds. The molecule has 2 heterocycles. The lowest BCUT2D eigenvalue weighted by Gasteiger charge is -2.38. The Kier molecular flexibility index (Phi) is 5.47. The van der Waals surface area contributed by atoms with Gasteiger partial charge in [-0.15, -0.1) is 0 Å². The number of benzene rings is 2. The summed E-state index contributed by atoms with van der Waals surface area (Å²) in [6, 6.07) is 7.43. The number of fused-ring (bicyclic) bond motifs is 1. The van der Waals surface area contributed by atoms with Crippen LogP contribution in [0, 0.1) is 5.82 Å². The van der Waals surface area contributed by atoms with Gasteiger partial charge in [-0.05, 0) is 26.0 Å². The van der Waals surface area contributed by atoms with E-state index in [2.05, 4.69) is 10.1 Å². The predicted octanol–water partition coefficient (Wildman–Crippen LogP) is 5.52. The Hall–Kier alpha value is -3.29. The van der Waals surface area contributed by atoms with E-state index in [0.717, 1.165) is 28.4 Å². The maximum atomic E-state index is 14.9. The summed E-state index contributed by atoms with van der Waals surface area (Å²) in [5.74, 6) is -0.222. The van der Waals surface area contributed by atoms with Crippen molar-refractivity contribution in [2.24, 2.45) is 12.0 Å². The van der Waals surface area contributed by atoms with Crippen molar-refractivity contribution in [3.05, 3.63) is 65.2 Å². The zero-order valence-corrected chi connectivity index (χ0v) is 17.7. The highest BCUT2D eigenvalue weighted by atomic mass is 19.3. The molecule has 4 rings (SSSR count). The Labute approximate surface area is 178 Å². The van der Waals surface area contributed by atoms with E-state index in [-0.39, 0.29) is 11.7 Å². The fourth-order valence-corrected chi connectivity index (χ4v) is 4.07. The van der Waals surface area contributed by atoms with Gasteiger partial charge in [-0.2, -0.15) is 5.10 Å². The number of rotatable bonds is 5. The fourth-order valence-electron chi connectivity index (χ4n) is 4.07. The van der Waals surface area contributed by atoms with Crippen LogP contribution < -0.4 is 9.64 Å². The number of hydrogen-bond donors (Lipinski definition) is 0. The second-order valence-electron chi connectivity index (χ2n) is 7.56. The predicted molar refractivity (Wildman–Crippen MR) is 115 cm³/mol. The van der Waals surface area contributed by atoms with E-state index in [1.807, 2.05) is 37.2 Å². The molecule has 0 saturated carbocycles. The molecule has 1 aliphatic rings. The van der Waals surface area contributed by atoms with Crippen LogP contribution in [0.25, 0.3) is 11.1 Å². The molecule has 1 aromatic heterocycles. The first-order chi connectivity index (χ1) is 14.8. The van der Waals surface area contributed by atoms with E-state index in [4.69, 9.17) is 4.74 Å². The smallest absolute Gasteiger partial charge is 0.266 e. The number of hydrogen-bond acceptors (Lipinski definition) is 4. The molecule has 3 aromatic rings. The van der Waals surface area contributed by atoms with Gasteiger partial charge in [0, 0.05) is 47.4 Å². The van der Waals surface area contributed by atoms with Crippen LogP contribution in [0.1, 0.15) is 43.0 Å². The van der Waals surface area contributed by atoms with E-state index in [0.29, 0.717) is 5.75 Å². The van der Waals surface area contributed by atoms with Crippen LogP contribution in [0.3, 0.4) is 0 Å². The van der Waals surface area contributed by atoms with E-state index >= 15 is 0 Å². The molecule has 0 bridgehead atoms. The van der Waals surface area contributed by atoms with Crippen molar-refractivity contribution < 1.29 is 17.9 Å². The molecule has 1 unspecified atom stereocenters. The summed E-state index contributed by atoms with van der Waals surface area (Å²) in [4.78, 5) is 6.46. The van der Waals surface area contributed by atoms with Crippen LogP contribution >= 0.6 is 0 Å². The number of aryl methyl sites for hydroxylation is 1. The molecule has 0 saturated heterocycles. The summed E-state index contributed by atoms with van der Waals surface area (Å²) in [7, 11) is 3.42. The van der Waals surface area contributed by atoms with Gasteiger partial charge in [0.2, 0.25) is 0 Å². The van der Waals surface area contributed by atoms with Gasteiger partial charge in [0.15, 0.2) is 0 Å². The van der Waals surface area contributed by atoms with Crippen molar-refractivity contribution in [3.63, 3.8) is 0 Å². The maximum absolute atomic E-state index is 14.9. The Morgan fingerprint density at radius 2 is 1.90 bits per heavy atom. The molecule has 0 N–H and O–H groups in total. The largest absolute Gasteiger partial charge is 0.496 e. The lowest BCUT2D eigenvalue weighted by Crippen LogP contribution is -2.37. The molecular formula is C23H23F3N4O. The second-order valence-corrected chi connectivity index (χ2v) is 7.56. The molecule has 0 aliphatic carbocycles. The first-order valence-corrected chi connectivity index (χ1v) is 9.90. The Bertz CT molecular complexity index is 1140. The molecule has 5 nitrogen and oxygen atoms in total. The summed E-state index contributed by atoms with van der Waals surface area (Å²) in [5.41, 5.74) is 2.93. The summed E-state index contributed by atoms with van der Waals surface area (Å²) in [6.07, 6.45) is 2.18. The standard InChI is InChI=1S/C23H23F3N4O/c1-13(17-6-5-7-18(22(17)24)23(25)26)30-14(2)27-10-15-8-21(31-4)19(9-20(15)30)16-11-28-29(3)12-16/h5-14,23H,1-4H3/t13?,14-/m0/s1. The number of ether oxygens (including phenoxy) is 1. The first-order valence-electron chi connectivity index (χ1n) is 9.90. The minimum absolute atomic E-state index is 0.200. The van der Waals surface area contributed by atoms with Crippen molar-refractivity contribution in [1.82, 2.24) is 9.78 Å². The summed E-state index contributed by atoms with van der Waals surface area (Å²) in [5, 5.41) is 4.24. The number of methoxy groups -OCH3 is 1. The third kappa shape index (κ3) is 3.66. The van der Waals surface area contributed by atoms with Crippen molar-refractivity contribution in [3.8, 4) is 16.9 Å². The van der Waals surface area contributed by atoms with Crippen LogP contribution in [0.15, 0.2) is 47.7 Å². The van der Waals surface area contributed by atoms with Gasteiger partial charge >= 0.3 is 0 Å². The maximum Gasteiger partial charge on any atom is 0.266 e. The van der Waals surface area contributed by atoms with E-state index < -0.39 is 23.8 Å². The van der Waals surface area contributed by atoms with Gasteiger partial charge in [0.1, 0.15) is 17.7 Å². The molecule has 2 atom stereocenters. The molecule has 0 spiro atoms. The monoisotopic (exact) mass is 428 g/mol. The molecule has 1 aliphatic heterocycles. The SMILES string of the molecule is COc1cc2c(cc1-c1cnn(C)c1)N(C(C)c1cccc(C(F)F)c1F)[C@@H](C)N=C2. The average Bonchev–Trinajstić information content (AvgIpc) is 3.18. The van der Waals surface area contributed by atoms with Crippen LogP contribution in [-0.4, -0.2) is 29.3 Å². The van der Waals surface area contributed by atoms with E-state index in [9.17, 15) is 13.2 Å². The van der Waals surface area contributed by atoms with Crippen LogP contribution in [0.4, 0.5) is 18.9 Å². The lowest BCUT2D eigenvalue weighted by atomic mass is 9.97. The average molecular weight is 428 g/mol. The Morgan fingerprint density at radius 3 is 2.55 bits per heavy atom. The second kappa shape index (κ2) is 8.09. The van der Waals surface area contributed by atoms with E-state index in [1.165, 1.54) is 6.07 Å². The number of halogens is 3. The van der Waals surface area contributed by atoms with Crippen LogP contribution in [0.2, 0.25) is 0 Å². The number of alkyl halides is 2. The van der Waals surface area contributed by atoms with Gasteiger partial charge in [-0.25, -0.2) is 13.2 Å². The third-order valence-electron chi connectivity index (χ3n) is 5.64. The van der Waals surface area contributed by atoms with Gasteiger partial charge in [-0.1, -0.05) is 18.2 Å². The fraction of sp³-hybridized carbons (Fsp3) is 0.304. The van der Waals surface area contributed by atoms with Crippen molar-refractivity contribution in [1.29, 1.82) is 0 Å². The normalized spacial score (nSPS) is 16.5. The summed E-state index contributed by atoms with van der Waals surface area (Å²) >= 11 is 0. The zero-order valence-electron chi connectivity index (χ0n) is 17.7. The van der Waals surface area contributed by atoms with Gasteiger partial charge in [0.05, 0.1) is 24.9 Å². The number of anilines is 1. The van der Waals surface area contributed by atoms with E-state index in [1.54, 1.807) is 37.2 Å². The molecule has 8 heteroatoms. The highest BCUT2D eigenvalue weighted by molar-refractivity contribution is 5.94. The molecule has 0 fully saturated rings. The van der Waals surface area contributed by atoms with Gasteiger partial charge in [-0.3, -0.25) is 9.67 Å². The van der Waals surface area contributed by atoms with Crippen LogP contribution in [-0.2, 0) is 7.05 Å².